The molecule has 0 bridgehead atoms. The van der Waals surface area contributed by atoms with E-state index in [2.05, 4.69) is 27.9 Å². The van der Waals surface area contributed by atoms with E-state index in [1.54, 1.807) is 12.1 Å². The molecule has 0 spiro atoms. The Balaban J connectivity index is 1.87. The molecule has 3 N–H and O–H groups in total. The van der Waals surface area contributed by atoms with E-state index in [1.165, 1.54) is 4.90 Å². The summed E-state index contributed by atoms with van der Waals surface area (Å²) in [6, 6.07) is 7.21. The Labute approximate surface area is 176 Å². The molecule has 30 heavy (non-hydrogen) atoms. The molecular formula is C21H32F3N5O. The maximum absolute atomic E-state index is 12.6. The van der Waals surface area contributed by atoms with Crippen LogP contribution in [0.5, 0.6) is 0 Å². The summed E-state index contributed by atoms with van der Waals surface area (Å²) in [5, 5.41) is 9.25. The van der Waals surface area contributed by atoms with Crippen molar-refractivity contribution in [2.75, 3.05) is 32.7 Å². The van der Waals surface area contributed by atoms with Gasteiger partial charge in [-0.25, -0.2) is 4.99 Å². The standard InChI is InChI=1S/C21H32F3N5O/c1-3-5-11-26-19(30)17-8-6-16(7-9-17)13-27-20(25-4-2)28-18-10-12-29(14-18)15-21(22,23)24/h6-9,18H,3-5,10-15H2,1-2H3,(H,26,30)(H2,25,27,28). The number of carbonyl (C=O) groups excluding carboxylic acids is 1. The molecule has 1 atom stereocenters. The Bertz CT molecular complexity index is 691. The van der Waals surface area contributed by atoms with Crippen LogP contribution in [0.1, 0.15) is 49.0 Å². The lowest BCUT2D eigenvalue weighted by Crippen LogP contribution is -2.45. The van der Waals surface area contributed by atoms with Crippen LogP contribution in [0, 0.1) is 0 Å². The molecule has 168 valence electrons. The van der Waals surface area contributed by atoms with Crippen LogP contribution in [0.4, 0.5) is 13.2 Å². The number of carbonyl (C=O) groups is 1. The lowest BCUT2D eigenvalue weighted by atomic mass is 10.1. The summed E-state index contributed by atoms with van der Waals surface area (Å²) in [7, 11) is 0. The number of hydrogen-bond donors (Lipinski definition) is 3. The summed E-state index contributed by atoms with van der Waals surface area (Å²) in [6.45, 7) is 5.62. The van der Waals surface area contributed by atoms with Gasteiger partial charge in [-0.05, 0) is 37.5 Å². The molecule has 9 heteroatoms. The average Bonchev–Trinajstić information content (AvgIpc) is 3.11. The average molecular weight is 428 g/mol. The van der Waals surface area contributed by atoms with Crippen molar-refractivity contribution in [3.63, 3.8) is 0 Å². The van der Waals surface area contributed by atoms with Gasteiger partial charge in [-0.1, -0.05) is 25.5 Å². The fourth-order valence-corrected chi connectivity index (χ4v) is 3.27. The molecule has 1 aromatic carbocycles. The van der Waals surface area contributed by atoms with Crippen molar-refractivity contribution in [1.29, 1.82) is 0 Å². The number of benzene rings is 1. The first-order valence-electron chi connectivity index (χ1n) is 10.5. The van der Waals surface area contributed by atoms with Gasteiger partial charge in [-0.15, -0.1) is 0 Å². The molecular weight excluding hydrogens is 395 g/mol. The second-order valence-electron chi connectivity index (χ2n) is 7.48. The molecule has 1 saturated heterocycles. The van der Waals surface area contributed by atoms with Gasteiger partial charge < -0.3 is 16.0 Å². The van der Waals surface area contributed by atoms with Crippen molar-refractivity contribution in [3.8, 4) is 0 Å². The SMILES string of the molecule is CCCCNC(=O)c1ccc(CN=C(NCC)NC2CCN(CC(F)(F)F)C2)cc1. The normalized spacial score (nSPS) is 17.8. The molecule has 1 fully saturated rings. The van der Waals surface area contributed by atoms with E-state index >= 15 is 0 Å². The van der Waals surface area contributed by atoms with E-state index in [0.29, 0.717) is 50.7 Å². The maximum atomic E-state index is 12.6. The van der Waals surface area contributed by atoms with E-state index in [-0.39, 0.29) is 11.9 Å². The Morgan fingerprint density at radius 2 is 1.93 bits per heavy atom. The Kier molecular flexibility index (Phi) is 9.42. The van der Waals surface area contributed by atoms with Crippen LogP contribution < -0.4 is 16.0 Å². The third kappa shape index (κ3) is 8.61. The van der Waals surface area contributed by atoms with E-state index in [4.69, 9.17) is 0 Å². The second-order valence-corrected chi connectivity index (χ2v) is 7.48. The number of unbranched alkanes of at least 4 members (excludes halogenated alkanes) is 1. The molecule has 0 aromatic heterocycles. The van der Waals surface area contributed by atoms with Crippen molar-refractivity contribution < 1.29 is 18.0 Å². The Hall–Kier alpha value is -2.29. The molecule has 0 aliphatic carbocycles. The van der Waals surface area contributed by atoms with Crippen molar-refractivity contribution in [1.82, 2.24) is 20.9 Å². The molecule has 0 radical (unpaired) electrons. The largest absolute Gasteiger partial charge is 0.401 e. The number of likely N-dealkylation sites (tertiary alicyclic amines) is 1. The van der Waals surface area contributed by atoms with Crippen LogP contribution in [0.3, 0.4) is 0 Å². The van der Waals surface area contributed by atoms with Gasteiger partial charge in [0.25, 0.3) is 5.91 Å². The monoisotopic (exact) mass is 427 g/mol. The molecule has 1 unspecified atom stereocenters. The van der Waals surface area contributed by atoms with Crippen LogP contribution in [0.2, 0.25) is 0 Å². The zero-order valence-electron chi connectivity index (χ0n) is 17.7. The minimum atomic E-state index is -4.17. The highest BCUT2D eigenvalue weighted by Crippen LogP contribution is 2.20. The predicted octanol–water partition coefficient (Wildman–Crippen LogP) is 2.91. The quantitative estimate of drug-likeness (QED) is 0.322. The first-order valence-corrected chi connectivity index (χ1v) is 10.5. The summed E-state index contributed by atoms with van der Waals surface area (Å²) >= 11 is 0. The maximum Gasteiger partial charge on any atom is 0.401 e. The van der Waals surface area contributed by atoms with Crippen molar-refractivity contribution in [2.24, 2.45) is 4.99 Å². The van der Waals surface area contributed by atoms with E-state index < -0.39 is 12.7 Å². The van der Waals surface area contributed by atoms with Crippen LogP contribution in [0.25, 0.3) is 0 Å². The fraction of sp³-hybridized carbons (Fsp3) is 0.619. The number of aliphatic imine (C=N–C) groups is 1. The molecule has 1 heterocycles. The van der Waals surface area contributed by atoms with E-state index in [1.807, 2.05) is 19.1 Å². The van der Waals surface area contributed by atoms with Gasteiger partial charge >= 0.3 is 6.18 Å². The lowest BCUT2D eigenvalue weighted by molar-refractivity contribution is -0.143. The molecule has 2 rings (SSSR count). The molecule has 1 aliphatic rings. The van der Waals surface area contributed by atoms with Gasteiger partial charge in [0.05, 0.1) is 13.1 Å². The molecule has 1 aromatic rings. The zero-order valence-corrected chi connectivity index (χ0v) is 17.7. The Morgan fingerprint density at radius 3 is 2.57 bits per heavy atom. The number of nitrogens with one attached hydrogen (secondary N) is 3. The Morgan fingerprint density at radius 1 is 1.20 bits per heavy atom. The van der Waals surface area contributed by atoms with Gasteiger partial charge in [0, 0.05) is 37.8 Å². The smallest absolute Gasteiger partial charge is 0.357 e. The first kappa shape index (κ1) is 24.0. The number of nitrogens with zero attached hydrogens (tertiary/aromatic N) is 2. The predicted molar refractivity (Wildman–Crippen MR) is 113 cm³/mol. The van der Waals surface area contributed by atoms with Crippen LogP contribution >= 0.6 is 0 Å². The van der Waals surface area contributed by atoms with Gasteiger partial charge in [-0.2, -0.15) is 13.2 Å². The topological polar surface area (TPSA) is 68.8 Å². The van der Waals surface area contributed by atoms with Gasteiger partial charge in [-0.3, -0.25) is 9.69 Å². The number of alkyl halides is 3. The minimum Gasteiger partial charge on any atom is -0.357 e. The summed E-state index contributed by atoms with van der Waals surface area (Å²) < 4.78 is 37.7. The van der Waals surface area contributed by atoms with Crippen molar-refractivity contribution in [3.05, 3.63) is 35.4 Å². The van der Waals surface area contributed by atoms with E-state index in [9.17, 15) is 18.0 Å². The minimum absolute atomic E-state index is 0.0701. The second kappa shape index (κ2) is 11.8. The highest BCUT2D eigenvalue weighted by atomic mass is 19.4. The highest BCUT2D eigenvalue weighted by molar-refractivity contribution is 5.94. The summed E-state index contributed by atoms with van der Waals surface area (Å²) in [5.41, 5.74) is 1.56. The molecule has 1 aliphatic heterocycles. The van der Waals surface area contributed by atoms with Gasteiger partial charge in [0.1, 0.15) is 0 Å². The van der Waals surface area contributed by atoms with Crippen LogP contribution in [-0.2, 0) is 6.54 Å². The number of amides is 1. The first-order chi connectivity index (χ1) is 14.3. The van der Waals surface area contributed by atoms with Gasteiger partial charge in [0.15, 0.2) is 5.96 Å². The highest BCUT2D eigenvalue weighted by Gasteiger charge is 2.34. The third-order valence-electron chi connectivity index (χ3n) is 4.81. The molecule has 1 amide bonds. The summed E-state index contributed by atoms with van der Waals surface area (Å²) in [4.78, 5) is 18.0. The molecule has 6 nitrogen and oxygen atoms in total. The third-order valence-corrected chi connectivity index (χ3v) is 4.81. The summed E-state index contributed by atoms with van der Waals surface area (Å²) in [6.07, 6.45) is -1.55. The number of guanidine groups is 1. The van der Waals surface area contributed by atoms with Crippen LogP contribution in [-0.4, -0.2) is 61.7 Å². The fourth-order valence-electron chi connectivity index (χ4n) is 3.27. The number of rotatable bonds is 9. The lowest BCUT2D eigenvalue weighted by Gasteiger charge is -2.19. The summed E-state index contributed by atoms with van der Waals surface area (Å²) in [5.74, 6) is 0.496. The van der Waals surface area contributed by atoms with Crippen molar-refractivity contribution >= 4 is 11.9 Å². The number of hydrogen-bond acceptors (Lipinski definition) is 3. The zero-order chi connectivity index (χ0) is 22.0. The van der Waals surface area contributed by atoms with Gasteiger partial charge in [0.2, 0.25) is 0 Å². The van der Waals surface area contributed by atoms with E-state index in [0.717, 1.165) is 18.4 Å². The molecule has 0 saturated carbocycles. The van der Waals surface area contributed by atoms with Crippen LogP contribution in [0.15, 0.2) is 29.3 Å². The van der Waals surface area contributed by atoms with Crippen molar-refractivity contribution in [2.45, 2.75) is 51.9 Å². The number of halogens is 3.